The number of rotatable bonds is 6. The molecular formula is C27H29ClN2O3S. The molecule has 0 spiro atoms. The van der Waals surface area contributed by atoms with E-state index >= 15 is 0 Å². The third-order valence-corrected chi connectivity index (χ3v) is 7.08. The predicted octanol–water partition coefficient (Wildman–Crippen LogP) is 7.33. The van der Waals surface area contributed by atoms with Crippen LogP contribution in [-0.2, 0) is 16.1 Å². The maximum Gasteiger partial charge on any atom is 0.337 e. The van der Waals surface area contributed by atoms with Crippen LogP contribution in [0.5, 0.6) is 0 Å². The number of benzene rings is 1. The molecule has 0 fully saturated rings. The maximum absolute atomic E-state index is 12.5. The van der Waals surface area contributed by atoms with Crippen LogP contribution in [-0.4, -0.2) is 26.2 Å². The molecule has 0 aliphatic carbocycles. The highest BCUT2D eigenvalue weighted by Gasteiger charge is 2.33. The lowest BCUT2D eigenvalue weighted by Gasteiger charge is -2.28. The van der Waals surface area contributed by atoms with Crippen molar-refractivity contribution in [3.05, 3.63) is 74.2 Å². The van der Waals surface area contributed by atoms with Gasteiger partial charge in [-0.15, -0.1) is 11.3 Å². The number of hydrogen-bond donors (Lipinski definition) is 1. The Morgan fingerprint density at radius 1 is 1.18 bits per heavy atom. The lowest BCUT2D eigenvalue weighted by atomic mass is 9.91. The van der Waals surface area contributed by atoms with Crippen LogP contribution in [0.4, 0.5) is 0 Å². The number of hydrogen-bond acceptors (Lipinski definition) is 4. The van der Waals surface area contributed by atoms with E-state index in [0.717, 1.165) is 33.4 Å². The Hall–Kier alpha value is -2.67. The average molecular weight is 497 g/mol. The molecule has 1 aromatic carbocycles. The van der Waals surface area contributed by atoms with Crippen molar-refractivity contribution in [1.82, 2.24) is 9.55 Å². The minimum atomic E-state index is -1.16. The van der Waals surface area contributed by atoms with Crippen LogP contribution in [0.3, 0.4) is 0 Å². The maximum atomic E-state index is 12.5. The summed E-state index contributed by atoms with van der Waals surface area (Å²) in [7, 11) is 0. The number of pyridine rings is 1. The smallest absolute Gasteiger partial charge is 0.337 e. The minimum absolute atomic E-state index is 0.577. The van der Waals surface area contributed by atoms with Gasteiger partial charge in [0.05, 0.1) is 12.1 Å². The molecule has 1 atom stereocenters. The molecule has 0 amide bonds. The highest BCUT2D eigenvalue weighted by atomic mass is 35.5. The van der Waals surface area contributed by atoms with Crippen LogP contribution in [0.25, 0.3) is 22.2 Å². The number of nitrogens with zero attached hydrogens (tertiary/aromatic N) is 2. The van der Waals surface area contributed by atoms with Gasteiger partial charge in [-0.05, 0) is 76.2 Å². The second-order valence-corrected chi connectivity index (χ2v) is 11.0. The molecule has 0 saturated heterocycles. The summed E-state index contributed by atoms with van der Waals surface area (Å²) in [6.45, 7) is 12.3. The third kappa shape index (κ3) is 4.63. The van der Waals surface area contributed by atoms with Gasteiger partial charge in [0.2, 0.25) is 0 Å². The van der Waals surface area contributed by atoms with Crippen molar-refractivity contribution in [3.63, 3.8) is 0 Å². The van der Waals surface area contributed by atoms with Gasteiger partial charge in [-0.3, -0.25) is 0 Å². The van der Waals surface area contributed by atoms with Gasteiger partial charge in [-0.2, -0.15) is 0 Å². The molecule has 178 valence electrons. The van der Waals surface area contributed by atoms with Crippen molar-refractivity contribution >= 4 is 39.9 Å². The quantitative estimate of drug-likeness (QED) is 0.303. The zero-order valence-electron chi connectivity index (χ0n) is 20.3. The Kier molecular flexibility index (Phi) is 6.60. The van der Waals surface area contributed by atoms with Crippen LogP contribution in [0, 0.1) is 20.8 Å². The van der Waals surface area contributed by atoms with Gasteiger partial charge in [-0.25, -0.2) is 9.78 Å². The summed E-state index contributed by atoms with van der Waals surface area (Å²) in [4.78, 5) is 18.7. The van der Waals surface area contributed by atoms with E-state index in [1.807, 2.05) is 58.0 Å². The SMILES string of the molecule is Cc1nc2c(c(C)c(C)n2Cc2cccs2)c(-c2ccc(Cl)cc2)c1[C@H](OC(C)(C)C)C(=O)O. The van der Waals surface area contributed by atoms with Gasteiger partial charge >= 0.3 is 5.97 Å². The topological polar surface area (TPSA) is 64.4 Å². The van der Waals surface area contributed by atoms with Crippen molar-refractivity contribution < 1.29 is 14.6 Å². The van der Waals surface area contributed by atoms with Gasteiger partial charge in [0.25, 0.3) is 0 Å². The number of carboxylic acid groups (broad SMARTS) is 1. The van der Waals surface area contributed by atoms with E-state index in [9.17, 15) is 9.90 Å². The van der Waals surface area contributed by atoms with Gasteiger partial charge in [0.15, 0.2) is 6.10 Å². The van der Waals surface area contributed by atoms with E-state index in [0.29, 0.717) is 22.8 Å². The lowest BCUT2D eigenvalue weighted by molar-refractivity contribution is -0.160. The molecule has 7 heteroatoms. The van der Waals surface area contributed by atoms with Crippen molar-refractivity contribution in [2.75, 3.05) is 0 Å². The molecule has 0 unspecified atom stereocenters. The van der Waals surface area contributed by atoms with Crippen LogP contribution in [0.2, 0.25) is 5.02 Å². The number of ether oxygens (including phenoxy) is 1. The van der Waals surface area contributed by atoms with E-state index in [2.05, 4.69) is 29.9 Å². The first kappa shape index (κ1) is 24.5. The standard InChI is InChI=1S/C27H29ClN2O3S/c1-15-17(3)30(14-20-8-7-13-34-20)25-21(15)23(18-9-11-19(28)12-10-18)22(16(2)29-25)24(26(31)32)33-27(4,5)6/h7-13,24H,14H2,1-6H3,(H,31,32)/t24-/m0/s1. The predicted molar refractivity (Wildman–Crippen MR) is 139 cm³/mol. The van der Waals surface area contributed by atoms with E-state index in [1.54, 1.807) is 11.3 Å². The first-order valence-corrected chi connectivity index (χ1v) is 12.4. The number of thiophene rings is 1. The Morgan fingerprint density at radius 2 is 1.85 bits per heavy atom. The van der Waals surface area contributed by atoms with Crippen molar-refractivity contribution in [2.24, 2.45) is 0 Å². The molecule has 3 aromatic heterocycles. The van der Waals surface area contributed by atoms with Gasteiger partial charge < -0.3 is 14.4 Å². The molecular weight excluding hydrogens is 468 g/mol. The first-order valence-electron chi connectivity index (χ1n) is 11.2. The molecule has 0 aliphatic rings. The van der Waals surface area contributed by atoms with Crippen molar-refractivity contribution in [2.45, 2.75) is 59.8 Å². The molecule has 0 radical (unpaired) electrons. The fourth-order valence-electron chi connectivity index (χ4n) is 4.37. The van der Waals surface area contributed by atoms with Gasteiger partial charge in [-0.1, -0.05) is 29.8 Å². The van der Waals surface area contributed by atoms with Gasteiger partial charge in [0, 0.05) is 37.8 Å². The summed E-state index contributed by atoms with van der Waals surface area (Å²) >= 11 is 7.90. The molecule has 0 bridgehead atoms. The number of carbonyl (C=O) groups is 1. The Morgan fingerprint density at radius 3 is 2.41 bits per heavy atom. The Labute approximate surface area is 209 Å². The number of aliphatic carboxylic acids is 1. The number of carboxylic acids is 1. The number of halogens is 1. The van der Waals surface area contributed by atoms with Crippen LogP contribution < -0.4 is 0 Å². The van der Waals surface area contributed by atoms with Crippen molar-refractivity contribution in [3.8, 4) is 11.1 Å². The van der Waals surface area contributed by atoms with Crippen LogP contribution in [0.15, 0.2) is 41.8 Å². The monoisotopic (exact) mass is 496 g/mol. The second kappa shape index (κ2) is 9.17. The highest BCUT2D eigenvalue weighted by molar-refractivity contribution is 7.09. The summed E-state index contributed by atoms with van der Waals surface area (Å²) < 4.78 is 8.31. The summed E-state index contributed by atoms with van der Waals surface area (Å²) in [5.74, 6) is -1.04. The largest absolute Gasteiger partial charge is 0.479 e. The first-order chi connectivity index (χ1) is 16.0. The zero-order valence-corrected chi connectivity index (χ0v) is 21.8. The van der Waals surface area contributed by atoms with E-state index in [-0.39, 0.29) is 0 Å². The molecule has 0 aliphatic heterocycles. The molecule has 1 N–H and O–H groups in total. The number of fused-ring (bicyclic) bond motifs is 1. The molecule has 0 saturated carbocycles. The van der Waals surface area contributed by atoms with Gasteiger partial charge in [0.1, 0.15) is 5.65 Å². The van der Waals surface area contributed by atoms with E-state index in [1.165, 1.54) is 4.88 Å². The highest BCUT2D eigenvalue weighted by Crippen LogP contribution is 2.42. The molecule has 4 aromatic rings. The molecule has 3 heterocycles. The zero-order chi connectivity index (χ0) is 24.8. The van der Waals surface area contributed by atoms with Crippen LogP contribution >= 0.6 is 22.9 Å². The lowest BCUT2D eigenvalue weighted by Crippen LogP contribution is -2.28. The minimum Gasteiger partial charge on any atom is -0.479 e. The fraction of sp³-hybridized carbons (Fsp3) is 0.333. The average Bonchev–Trinajstić information content (AvgIpc) is 3.34. The Balaban J connectivity index is 2.09. The number of aryl methyl sites for hydroxylation is 2. The molecule has 4 rings (SSSR count). The van der Waals surface area contributed by atoms with Crippen molar-refractivity contribution in [1.29, 1.82) is 0 Å². The summed E-state index contributed by atoms with van der Waals surface area (Å²) in [5, 5.41) is 13.9. The third-order valence-electron chi connectivity index (χ3n) is 5.97. The Bertz CT molecular complexity index is 1350. The van der Waals surface area contributed by atoms with E-state index < -0.39 is 17.7 Å². The molecule has 5 nitrogen and oxygen atoms in total. The fourth-order valence-corrected chi connectivity index (χ4v) is 5.19. The van der Waals surface area contributed by atoms with E-state index in [4.69, 9.17) is 21.3 Å². The molecule has 34 heavy (non-hydrogen) atoms. The summed E-state index contributed by atoms with van der Waals surface area (Å²) in [5.41, 5.74) is 5.30. The van der Waals surface area contributed by atoms with Crippen LogP contribution in [0.1, 0.15) is 54.3 Å². The number of aromatic nitrogens is 2. The normalized spacial score (nSPS) is 12.9. The second-order valence-electron chi connectivity index (χ2n) is 9.52. The summed E-state index contributed by atoms with van der Waals surface area (Å²) in [6, 6.07) is 11.7. The summed E-state index contributed by atoms with van der Waals surface area (Å²) in [6.07, 6.45) is -1.16.